The molecule has 4 aromatic rings. The molecule has 34 heavy (non-hydrogen) atoms. The molecule has 4 rings (SSSR count). The van der Waals surface area contributed by atoms with E-state index in [2.05, 4.69) is 33.0 Å². The van der Waals surface area contributed by atoms with Crippen LogP contribution in [0.2, 0.25) is 0 Å². The fourth-order valence-corrected chi connectivity index (χ4v) is 4.53. The lowest BCUT2D eigenvalue weighted by Gasteiger charge is -2.11. The molecule has 0 saturated carbocycles. The maximum absolute atomic E-state index is 14.0. The number of hydrogen-bond donors (Lipinski definition) is 1. The number of benzene rings is 2. The van der Waals surface area contributed by atoms with E-state index in [1.165, 1.54) is 10.9 Å². The fraction of sp³-hybridized carbons (Fsp3) is 0.280. The zero-order chi connectivity index (χ0) is 24.3. The van der Waals surface area contributed by atoms with Crippen LogP contribution in [-0.2, 0) is 12.8 Å². The van der Waals surface area contributed by atoms with Gasteiger partial charge < -0.3 is 10.1 Å². The first-order valence-corrected chi connectivity index (χ1v) is 11.7. The maximum Gasteiger partial charge on any atom is 0.573 e. The lowest BCUT2D eigenvalue weighted by Crippen LogP contribution is -2.17. The number of hydrogen-bond acceptors (Lipinski definition) is 5. The summed E-state index contributed by atoms with van der Waals surface area (Å²) in [7, 11) is 0. The zero-order valence-corrected chi connectivity index (χ0v) is 19.5. The molecule has 0 aliphatic carbocycles. The number of rotatable bonds is 8. The molecule has 0 spiro atoms. The van der Waals surface area contributed by atoms with E-state index in [9.17, 15) is 17.6 Å². The molecule has 0 saturated heterocycles. The van der Waals surface area contributed by atoms with Crippen molar-refractivity contribution in [2.24, 2.45) is 0 Å². The van der Waals surface area contributed by atoms with E-state index >= 15 is 0 Å². The summed E-state index contributed by atoms with van der Waals surface area (Å²) in [5.41, 5.74) is 2.30. The average molecular weight is 490 g/mol. The fourth-order valence-electron chi connectivity index (χ4n) is 3.63. The number of aromatic nitrogens is 2. The quantitative estimate of drug-likeness (QED) is 0.208. The van der Waals surface area contributed by atoms with Crippen molar-refractivity contribution >= 4 is 27.4 Å². The van der Waals surface area contributed by atoms with Crippen LogP contribution >= 0.6 is 11.3 Å². The van der Waals surface area contributed by atoms with Gasteiger partial charge in [0.1, 0.15) is 16.5 Å². The van der Waals surface area contributed by atoms with Gasteiger partial charge in [-0.15, -0.1) is 24.5 Å². The van der Waals surface area contributed by atoms with Gasteiger partial charge in [0.2, 0.25) is 0 Å². The van der Waals surface area contributed by atoms with Crippen molar-refractivity contribution in [3.63, 3.8) is 0 Å². The smallest absolute Gasteiger partial charge is 0.403 e. The van der Waals surface area contributed by atoms with Gasteiger partial charge in [-0.3, -0.25) is 0 Å². The van der Waals surface area contributed by atoms with Crippen LogP contribution in [0.1, 0.15) is 29.6 Å². The standard InChI is InChI=1S/C25H23F4N3OS/c1-3-22-31-23(19-13-15(2)34-24(19)32-22)30-12-4-5-16-6-8-17(9-7-16)18-10-11-21(20(26)14-18)33-25(27,28)29/h6-11,13-14H,3-5,12H2,1-2H3,(H,30,31,32). The third-order valence-corrected chi connectivity index (χ3v) is 6.20. The van der Waals surface area contributed by atoms with Crippen LogP contribution in [0.4, 0.5) is 23.4 Å². The largest absolute Gasteiger partial charge is 0.573 e. The second kappa shape index (κ2) is 9.97. The van der Waals surface area contributed by atoms with Gasteiger partial charge >= 0.3 is 6.36 Å². The highest BCUT2D eigenvalue weighted by atomic mass is 32.1. The first kappa shape index (κ1) is 23.9. The predicted octanol–water partition coefficient (Wildman–Crippen LogP) is 7.31. The molecule has 0 unspecified atom stereocenters. The van der Waals surface area contributed by atoms with Crippen LogP contribution in [0.25, 0.3) is 21.3 Å². The van der Waals surface area contributed by atoms with Gasteiger partial charge in [0.25, 0.3) is 0 Å². The van der Waals surface area contributed by atoms with Gasteiger partial charge in [-0.2, -0.15) is 0 Å². The first-order chi connectivity index (χ1) is 16.2. The summed E-state index contributed by atoms with van der Waals surface area (Å²) in [6, 6.07) is 13.1. The molecule has 1 N–H and O–H groups in total. The summed E-state index contributed by atoms with van der Waals surface area (Å²) >= 11 is 1.66. The van der Waals surface area contributed by atoms with Crippen molar-refractivity contribution in [3.8, 4) is 16.9 Å². The second-order valence-electron chi connectivity index (χ2n) is 7.84. The number of halogens is 4. The summed E-state index contributed by atoms with van der Waals surface area (Å²) in [6.45, 7) is 4.84. The normalized spacial score (nSPS) is 11.7. The Morgan fingerprint density at radius 2 is 1.74 bits per heavy atom. The molecular weight excluding hydrogens is 466 g/mol. The Bertz CT molecular complexity index is 1290. The SMILES string of the molecule is CCc1nc(NCCCc2ccc(-c3ccc(OC(F)(F)F)c(F)c3)cc2)c2cc(C)sc2n1. The molecule has 0 aliphatic rings. The Morgan fingerprint density at radius 3 is 2.41 bits per heavy atom. The number of ether oxygens (including phenoxy) is 1. The minimum Gasteiger partial charge on any atom is -0.403 e. The third-order valence-electron chi connectivity index (χ3n) is 5.26. The van der Waals surface area contributed by atoms with Crippen LogP contribution in [-0.4, -0.2) is 22.9 Å². The van der Waals surface area contributed by atoms with E-state index in [-0.39, 0.29) is 0 Å². The van der Waals surface area contributed by atoms with Crippen LogP contribution in [0.5, 0.6) is 5.75 Å². The first-order valence-electron chi connectivity index (χ1n) is 10.9. The highest BCUT2D eigenvalue weighted by Crippen LogP contribution is 2.30. The zero-order valence-electron chi connectivity index (χ0n) is 18.7. The summed E-state index contributed by atoms with van der Waals surface area (Å²) in [5.74, 6) is -0.218. The maximum atomic E-state index is 14.0. The van der Waals surface area contributed by atoms with Crippen molar-refractivity contribution in [3.05, 3.63) is 70.6 Å². The van der Waals surface area contributed by atoms with Crippen molar-refractivity contribution < 1.29 is 22.3 Å². The molecule has 9 heteroatoms. The molecule has 0 aliphatic heterocycles. The third kappa shape index (κ3) is 5.83. The number of fused-ring (bicyclic) bond motifs is 1. The lowest BCUT2D eigenvalue weighted by atomic mass is 10.0. The highest BCUT2D eigenvalue weighted by molar-refractivity contribution is 7.18. The van der Waals surface area contributed by atoms with E-state index in [1.54, 1.807) is 11.3 Å². The molecular formula is C25H23F4N3OS. The number of thiophene rings is 1. The lowest BCUT2D eigenvalue weighted by molar-refractivity contribution is -0.275. The van der Waals surface area contributed by atoms with Gasteiger partial charge in [-0.1, -0.05) is 37.3 Å². The monoisotopic (exact) mass is 489 g/mol. The number of nitrogens with one attached hydrogen (secondary N) is 1. The Balaban J connectivity index is 1.35. The summed E-state index contributed by atoms with van der Waals surface area (Å²) in [5, 5.41) is 4.48. The van der Waals surface area contributed by atoms with Crippen molar-refractivity contribution in [1.29, 1.82) is 0 Å². The van der Waals surface area contributed by atoms with Crippen molar-refractivity contribution in [2.75, 3.05) is 11.9 Å². The topological polar surface area (TPSA) is 47.0 Å². The van der Waals surface area contributed by atoms with Gasteiger partial charge in [0.05, 0.1) is 5.39 Å². The molecule has 0 atom stereocenters. The Kier molecular flexibility index (Phi) is 7.02. The summed E-state index contributed by atoms with van der Waals surface area (Å²) < 4.78 is 54.6. The number of aryl methyl sites for hydroxylation is 3. The molecule has 0 fully saturated rings. The second-order valence-corrected chi connectivity index (χ2v) is 9.07. The van der Waals surface area contributed by atoms with Gasteiger partial charge in [0.15, 0.2) is 11.6 Å². The average Bonchev–Trinajstić information content (AvgIpc) is 3.17. The van der Waals surface area contributed by atoms with Crippen molar-refractivity contribution in [2.45, 2.75) is 39.5 Å². The number of nitrogens with zero attached hydrogens (tertiary/aromatic N) is 2. The Labute approximate surface area is 198 Å². The Hall–Kier alpha value is -3.20. The van der Waals surface area contributed by atoms with E-state index in [0.29, 0.717) is 11.1 Å². The van der Waals surface area contributed by atoms with Crippen LogP contribution < -0.4 is 10.1 Å². The molecule has 178 valence electrons. The molecule has 4 nitrogen and oxygen atoms in total. The summed E-state index contributed by atoms with van der Waals surface area (Å²) in [6.07, 6.45) is -2.44. The van der Waals surface area contributed by atoms with Crippen molar-refractivity contribution in [1.82, 2.24) is 9.97 Å². The number of anilines is 1. The molecule has 0 amide bonds. The molecule has 0 bridgehead atoms. The van der Waals surface area contributed by atoms with Gasteiger partial charge in [0, 0.05) is 17.8 Å². The molecule has 2 heterocycles. The van der Waals surface area contributed by atoms with E-state index in [4.69, 9.17) is 0 Å². The molecule has 2 aromatic carbocycles. The van der Waals surface area contributed by atoms with E-state index < -0.39 is 17.9 Å². The van der Waals surface area contributed by atoms with Crippen LogP contribution in [0, 0.1) is 12.7 Å². The molecule has 0 radical (unpaired) electrons. The summed E-state index contributed by atoms with van der Waals surface area (Å²) in [4.78, 5) is 11.4. The minimum absolute atomic E-state index is 0.478. The highest BCUT2D eigenvalue weighted by Gasteiger charge is 2.32. The van der Waals surface area contributed by atoms with Gasteiger partial charge in [-0.05, 0) is 54.7 Å². The van der Waals surface area contributed by atoms with Crippen LogP contribution in [0.3, 0.4) is 0 Å². The minimum atomic E-state index is -4.93. The van der Waals surface area contributed by atoms with Crippen LogP contribution in [0.15, 0.2) is 48.5 Å². The van der Waals surface area contributed by atoms with E-state index in [0.717, 1.165) is 65.4 Å². The molecule has 2 aromatic heterocycles. The van der Waals surface area contributed by atoms with Gasteiger partial charge in [-0.25, -0.2) is 14.4 Å². The Morgan fingerprint density at radius 1 is 1.00 bits per heavy atom. The number of alkyl halides is 3. The predicted molar refractivity (Wildman–Crippen MR) is 127 cm³/mol. The van der Waals surface area contributed by atoms with E-state index in [1.807, 2.05) is 31.2 Å².